The molecule has 0 bridgehead atoms. The van der Waals surface area contributed by atoms with Crippen molar-refractivity contribution in [2.24, 2.45) is 5.41 Å². The van der Waals surface area contributed by atoms with Crippen molar-refractivity contribution in [3.05, 3.63) is 11.4 Å². The number of rotatable bonds is 8. The Bertz CT molecular complexity index is 430. The number of nitrogen functional groups attached to an aromatic ring is 1. The molecule has 6 nitrogen and oxygen atoms in total. The average molecular weight is 282 g/mol. The Hall–Kier alpha value is -1.56. The quantitative estimate of drug-likeness (QED) is 0.579. The highest BCUT2D eigenvalue weighted by Crippen LogP contribution is 2.24. The Balaban J connectivity index is 2.72. The minimum absolute atomic E-state index is 0.0530. The van der Waals surface area contributed by atoms with Gasteiger partial charge in [0.25, 0.3) is 5.91 Å². The first-order valence-electron chi connectivity index (χ1n) is 7.25. The molecule has 0 aliphatic carbocycles. The largest absolute Gasteiger partial charge is 0.396 e. The molecule has 20 heavy (non-hydrogen) atoms. The Morgan fingerprint density at radius 2 is 2.05 bits per heavy atom. The molecule has 0 radical (unpaired) electrons. The molecule has 0 fully saturated rings. The first kappa shape index (κ1) is 16.5. The van der Waals surface area contributed by atoms with E-state index in [9.17, 15) is 9.90 Å². The summed E-state index contributed by atoms with van der Waals surface area (Å²) in [4.78, 5) is 12.1. The van der Waals surface area contributed by atoms with E-state index < -0.39 is 0 Å². The third kappa shape index (κ3) is 3.50. The Morgan fingerprint density at radius 1 is 1.40 bits per heavy atom. The predicted octanol–water partition coefficient (Wildman–Crippen LogP) is 1.47. The molecule has 0 atom stereocenters. The number of nitrogens with two attached hydrogens (primary N) is 1. The molecule has 1 aromatic rings. The lowest BCUT2D eigenvalue weighted by molar-refractivity contribution is 0.0847. The topological polar surface area (TPSA) is 104 Å². The van der Waals surface area contributed by atoms with Gasteiger partial charge in [0.05, 0.1) is 18.0 Å². The third-order valence-corrected chi connectivity index (χ3v) is 4.06. The smallest absolute Gasteiger partial charge is 0.273 e. The van der Waals surface area contributed by atoms with E-state index in [0.29, 0.717) is 12.2 Å². The van der Waals surface area contributed by atoms with Crippen molar-refractivity contribution < 1.29 is 9.90 Å². The number of anilines is 1. The number of amides is 1. The fraction of sp³-hybridized carbons (Fsp3) is 0.714. The zero-order chi connectivity index (χ0) is 15.2. The maximum atomic E-state index is 12.1. The summed E-state index contributed by atoms with van der Waals surface area (Å²) in [5, 5.41) is 19.1. The van der Waals surface area contributed by atoms with E-state index in [1.807, 2.05) is 20.8 Å². The Kier molecular flexibility index (Phi) is 6.01. The number of aliphatic hydroxyl groups is 1. The van der Waals surface area contributed by atoms with Gasteiger partial charge in [0.2, 0.25) is 0 Å². The van der Waals surface area contributed by atoms with Crippen LogP contribution in [0.3, 0.4) is 0 Å². The molecular formula is C14H26N4O2. The molecule has 0 unspecified atom stereocenters. The number of nitrogens with zero attached hydrogens (tertiary/aromatic N) is 1. The van der Waals surface area contributed by atoms with Gasteiger partial charge in [-0.3, -0.25) is 9.89 Å². The molecule has 0 aliphatic rings. The molecule has 114 valence electrons. The van der Waals surface area contributed by atoms with Crippen LogP contribution in [0.15, 0.2) is 0 Å². The number of nitrogens with one attached hydrogen (secondary N) is 2. The first-order chi connectivity index (χ1) is 9.53. The molecule has 0 aliphatic heterocycles. The van der Waals surface area contributed by atoms with Crippen molar-refractivity contribution in [2.45, 2.75) is 46.5 Å². The third-order valence-electron chi connectivity index (χ3n) is 4.06. The van der Waals surface area contributed by atoms with E-state index in [-0.39, 0.29) is 23.6 Å². The molecule has 0 saturated carbocycles. The maximum Gasteiger partial charge on any atom is 0.273 e. The number of aliphatic hydroxyl groups excluding tert-OH is 1. The summed E-state index contributed by atoms with van der Waals surface area (Å²) in [6.45, 7) is 6.53. The molecule has 6 heteroatoms. The summed E-state index contributed by atoms with van der Waals surface area (Å²) < 4.78 is 0. The van der Waals surface area contributed by atoms with Crippen molar-refractivity contribution in [1.29, 1.82) is 0 Å². The molecule has 5 N–H and O–H groups in total. The van der Waals surface area contributed by atoms with Gasteiger partial charge >= 0.3 is 0 Å². The van der Waals surface area contributed by atoms with Gasteiger partial charge < -0.3 is 16.2 Å². The highest BCUT2D eigenvalue weighted by atomic mass is 16.3. The predicted molar refractivity (Wildman–Crippen MR) is 79.4 cm³/mol. The minimum atomic E-state index is -0.291. The monoisotopic (exact) mass is 282 g/mol. The van der Waals surface area contributed by atoms with Crippen LogP contribution < -0.4 is 11.1 Å². The number of aromatic amines is 1. The fourth-order valence-corrected chi connectivity index (χ4v) is 2.13. The van der Waals surface area contributed by atoms with Crippen LogP contribution in [-0.2, 0) is 6.42 Å². The lowest BCUT2D eigenvalue weighted by Gasteiger charge is -2.29. The van der Waals surface area contributed by atoms with E-state index in [1.54, 1.807) is 0 Å². The number of aryl methyl sites for hydroxylation is 1. The number of carbonyl (C=O) groups is 1. The van der Waals surface area contributed by atoms with Gasteiger partial charge in [0, 0.05) is 12.0 Å². The SMILES string of the molecule is CCCc1[nH]nc(C(=O)NCC(CC)(CC)CO)c1N. The molecule has 1 amide bonds. The van der Waals surface area contributed by atoms with E-state index in [4.69, 9.17) is 5.73 Å². The second-order valence-corrected chi connectivity index (χ2v) is 5.26. The van der Waals surface area contributed by atoms with E-state index in [2.05, 4.69) is 15.5 Å². The highest BCUT2D eigenvalue weighted by molar-refractivity contribution is 5.97. The average Bonchev–Trinajstić information content (AvgIpc) is 2.83. The van der Waals surface area contributed by atoms with Crippen molar-refractivity contribution in [1.82, 2.24) is 15.5 Å². The van der Waals surface area contributed by atoms with Gasteiger partial charge in [-0.25, -0.2) is 0 Å². The second kappa shape index (κ2) is 7.28. The summed E-state index contributed by atoms with van der Waals surface area (Å²) in [6, 6.07) is 0. The van der Waals surface area contributed by atoms with Gasteiger partial charge in [-0.2, -0.15) is 5.10 Å². The summed E-state index contributed by atoms with van der Waals surface area (Å²) >= 11 is 0. The van der Waals surface area contributed by atoms with Gasteiger partial charge in [-0.05, 0) is 19.3 Å². The Labute approximate surface area is 120 Å². The first-order valence-corrected chi connectivity index (χ1v) is 7.25. The standard InChI is InChI=1S/C14H26N4O2/c1-4-7-10-11(15)12(18-17-10)13(20)16-8-14(5-2,6-3)9-19/h19H,4-9,15H2,1-3H3,(H,16,20)(H,17,18). The number of hydrogen-bond acceptors (Lipinski definition) is 4. The van der Waals surface area contributed by atoms with Crippen molar-refractivity contribution in [2.75, 3.05) is 18.9 Å². The van der Waals surface area contributed by atoms with Crippen LogP contribution >= 0.6 is 0 Å². The van der Waals surface area contributed by atoms with E-state index in [0.717, 1.165) is 31.4 Å². The summed E-state index contributed by atoms with van der Waals surface area (Å²) in [6.07, 6.45) is 3.32. The number of aromatic nitrogens is 2. The van der Waals surface area contributed by atoms with Gasteiger partial charge in [-0.15, -0.1) is 0 Å². The fourth-order valence-electron chi connectivity index (χ4n) is 2.13. The van der Waals surface area contributed by atoms with Crippen LogP contribution in [0.5, 0.6) is 0 Å². The molecule has 0 aromatic carbocycles. The normalized spacial score (nSPS) is 11.6. The highest BCUT2D eigenvalue weighted by Gasteiger charge is 2.27. The lowest BCUT2D eigenvalue weighted by Crippen LogP contribution is -2.39. The second-order valence-electron chi connectivity index (χ2n) is 5.26. The van der Waals surface area contributed by atoms with Crippen LogP contribution in [0.25, 0.3) is 0 Å². The van der Waals surface area contributed by atoms with Gasteiger partial charge in [0.15, 0.2) is 5.69 Å². The summed E-state index contributed by atoms with van der Waals surface area (Å²) in [7, 11) is 0. The molecule has 0 spiro atoms. The summed E-state index contributed by atoms with van der Waals surface area (Å²) in [5.74, 6) is -0.291. The molecule has 1 aromatic heterocycles. The van der Waals surface area contributed by atoms with Crippen LogP contribution in [-0.4, -0.2) is 34.4 Å². The summed E-state index contributed by atoms with van der Waals surface area (Å²) in [5.41, 5.74) is 7.12. The number of carbonyl (C=O) groups excluding carboxylic acids is 1. The van der Waals surface area contributed by atoms with E-state index in [1.165, 1.54) is 0 Å². The van der Waals surface area contributed by atoms with Crippen LogP contribution in [0.1, 0.15) is 56.2 Å². The lowest BCUT2D eigenvalue weighted by atomic mass is 9.83. The minimum Gasteiger partial charge on any atom is -0.396 e. The van der Waals surface area contributed by atoms with Gasteiger partial charge in [0.1, 0.15) is 0 Å². The molecule has 0 saturated heterocycles. The zero-order valence-electron chi connectivity index (χ0n) is 12.6. The van der Waals surface area contributed by atoms with Crippen LogP contribution in [0.4, 0.5) is 5.69 Å². The van der Waals surface area contributed by atoms with Crippen molar-refractivity contribution in [3.63, 3.8) is 0 Å². The molecule has 1 rings (SSSR count). The maximum absolute atomic E-state index is 12.1. The number of hydrogen-bond donors (Lipinski definition) is 4. The van der Waals surface area contributed by atoms with Crippen molar-refractivity contribution >= 4 is 11.6 Å². The Morgan fingerprint density at radius 3 is 2.55 bits per heavy atom. The zero-order valence-corrected chi connectivity index (χ0v) is 12.6. The van der Waals surface area contributed by atoms with Crippen LogP contribution in [0.2, 0.25) is 0 Å². The van der Waals surface area contributed by atoms with Crippen molar-refractivity contribution in [3.8, 4) is 0 Å². The molecule has 1 heterocycles. The molecular weight excluding hydrogens is 256 g/mol. The number of H-pyrrole nitrogens is 1. The van der Waals surface area contributed by atoms with Crippen LogP contribution in [0, 0.1) is 5.41 Å². The van der Waals surface area contributed by atoms with E-state index >= 15 is 0 Å². The van der Waals surface area contributed by atoms with Gasteiger partial charge in [-0.1, -0.05) is 27.2 Å².